The van der Waals surface area contributed by atoms with Crippen LogP contribution >= 0.6 is 11.3 Å². The van der Waals surface area contributed by atoms with E-state index >= 15 is 0 Å². The lowest BCUT2D eigenvalue weighted by atomic mass is 9.88. The molecule has 0 bridgehead atoms. The van der Waals surface area contributed by atoms with Crippen LogP contribution in [0.1, 0.15) is 57.2 Å². The van der Waals surface area contributed by atoms with E-state index in [-0.39, 0.29) is 5.41 Å². The van der Waals surface area contributed by atoms with Crippen molar-refractivity contribution < 1.29 is 0 Å². The first-order chi connectivity index (χ1) is 10.0. The standard InChI is InChI=1S/C17H29N3S/c1-17(2,3)16-19-14(12-21-16)11-20-9-6-13(7-10-20)15-5-4-8-18-15/h12-13,15,18H,4-11H2,1-3H3. The molecule has 1 atom stereocenters. The first-order valence-corrected chi connectivity index (χ1v) is 9.31. The van der Waals surface area contributed by atoms with Crippen molar-refractivity contribution in [3.8, 4) is 0 Å². The maximum absolute atomic E-state index is 4.84. The number of thiazole rings is 1. The summed E-state index contributed by atoms with van der Waals surface area (Å²) in [6.07, 6.45) is 5.48. The lowest BCUT2D eigenvalue weighted by Gasteiger charge is -2.34. The number of piperidine rings is 1. The third kappa shape index (κ3) is 3.85. The van der Waals surface area contributed by atoms with Crippen molar-refractivity contribution in [3.05, 3.63) is 16.1 Å². The van der Waals surface area contributed by atoms with Gasteiger partial charge in [0.05, 0.1) is 10.7 Å². The Bertz CT molecular complexity index is 449. The number of hydrogen-bond donors (Lipinski definition) is 1. The lowest BCUT2D eigenvalue weighted by molar-refractivity contribution is 0.156. The Hall–Kier alpha value is -0.450. The summed E-state index contributed by atoms with van der Waals surface area (Å²) in [4.78, 5) is 7.43. The molecule has 21 heavy (non-hydrogen) atoms. The summed E-state index contributed by atoms with van der Waals surface area (Å²) in [7, 11) is 0. The predicted octanol–water partition coefficient (Wildman–Crippen LogP) is 3.40. The summed E-state index contributed by atoms with van der Waals surface area (Å²) in [5.74, 6) is 0.907. The van der Waals surface area contributed by atoms with Gasteiger partial charge in [0.2, 0.25) is 0 Å². The Morgan fingerprint density at radius 3 is 2.62 bits per heavy atom. The number of nitrogens with zero attached hydrogens (tertiary/aromatic N) is 2. The highest BCUT2D eigenvalue weighted by Crippen LogP contribution is 2.28. The van der Waals surface area contributed by atoms with Crippen LogP contribution in [0.3, 0.4) is 0 Å². The molecule has 3 heterocycles. The molecule has 0 radical (unpaired) electrons. The minimum absolute atomic E-state index is 0.185. The molecule has 3 rings (SSSR count). The van der Waals surface area contributed by atoms with Gasteiger partial charge in [0.15, 0.2) is 0 Å². The highest BCUT2D eigenvalue weighted by atomic mass is 32.1. The minimum atomic E-state index is 0.185. The first kappa shape index (κ1) is 15.4. The maximum atomic E-state index is 4.84. The molecule has 1 aromatic heterocycles. The first-order valence-electron chi connectivity index (χ1n) is 8.43. The minimum Gasteiger partial charge on any atom is -0.314 e. The summed E-state index contributed by atoms with van der Waals surface area (Å²) in [5, 5.41) is 7.20. The van der Waals surface area contributed by atoms with Crippen molar-refractivity contribution in [3.63, 3.8) is 0 Å². The molecular weight excluding hydrogens is 278 g/mol. The van der Waals surface area contributed by atoms with Gasteiger partial charge in [0.1, 0.15) is 0 Å². The second-order valence-electron chi connectivity index (χ2n) is 7.71. The maximum Gasteiger partial charge on any atom is 0.0982 e. The molecule has 0 aliphatic carbocycles. The molecular formula is C17H29N3S. The zero-order valence-electron chi connectivity index (χ0n) is 13.7. The van der Waals surface area contributed by atoms with E-state index in [2.05, 4.69) is 36.4 Å². The van der Waals surface area contributed by atoms with E-state index in [0.717, 1.165) is 18.5 Å². The Labute approximate surface area is 133 Å². The number of nitrogens with one attached hydrogen (secondary N) is 1. The van der Waals surface area contributed by atoms with Crippen molar-refractivity contribution in [1.29, 1.82) is 0 Å². The van der Waals surface area contributed by atoms with Crippen LogP contribution in [-0.2, 0) is 12.0 Å². The van der Waals surface area contributed by atoms with Crippen LogP contribution in [0.4, 0.5) is 0 Å². The molecule has 0 saturated carbocycles. The summed E-state index contributed by atoms with van der Waals surface area (Å²) >= 11 is 1.82. The van der Waals surface area contributed by atoms with Gasteiger partial charge in [-0.1, -0.05) is 20.8 Å². The third-order valence-electron chi connectivity index (χ3n) is 4.88. The van der Waals surface area contributed by atoms with Crippen molar-refractivity contribution in [2.24, 2.45) is 5.92 Å². The predicted molar refractivity (Wildman–Crippen MR) is 89.8 cm³/mol. The highest BCUT2D eigenvalue weighted by Gasteiger charge is 2.28. The van der Waals surface area contributed by atoms with E-state index in [4.69, 9.17) is 4.98 Å². The second kappa shape index (κ2) is 6.35. The van der Waals surface area contributed by atoms with Gasteiger partial charge in [-0.25, -0.2) is 4.98 Å². The van der Waals surface area contributed by atoms with E-state index in [1.165, 1.54) is 56.0 Å². The quantitative estimate of drug-likeness (QED) is 0.927. The molecule has 0 spiro atoms. The Morgan fingerprint density at radius 2 is 2.05 bits per heavy atom. The van der Waals surface area contributed by atoms with Gasteiger partial charge in [0, 0.05) is 23.4 Å². The van der Waals surface area contributed by atoms with Gasteiger partial charge < -0.3 is 5.32 Å². The number of hydrogen-bond acceptors (Lipinski definition) is 4. The van der Waals surface area contributed by atoms with Crippen molar-refractivity contribution in [2.75, 3.05) is 19.6 Å². The van der Waals surface area contributed by atoms with E-state index in [9.17, 15) is 0 Å². The van der Waals surface area contributed by atoms with Crippen LogP contribution in [0.15, 0.2) is 5.38 Å². The topological polar surface area (TPSA) is 28.2 Å². The summed E-state index contributed by atoms with van der Waals surface area (Å²) < 4.78 is 0. The zero-order chi connectivity index (χ0) is 14.9. The Kier molecular flexibility index (Phi) is 4.67. The van der Waals surface area contributed by atoms with Crippen molar-refractivity contribution >= 4 is 11.3 Å². The van der Waals surface area contributed by atoms with Crippen molar-refractivity contribution in [1.82, 2.24) is 15.2 Å². The summed E-state index contributed by atoms with van der Waals surface area (Å²) in [6, 6.07) is 0.805. The van der Waals surface area contributed by atoms with Gasteiger partial charge in [-0.3, -0.25) is 4.90 Å². The van der Waals surface area contributed by atoms with Crippen LogP contribution in [0, 0.1) is 5.92 Å². The average molecular weight is 308 g/mol. The molecule has 3 nitrogen and oxygen atoms in total. The monoisotopic (exact) mass is 307 g/mol. The van der Waals surface area contributed by atoms with Crippen LogP contribution < -0.4 is 5.32 Å². The molecule has 2 aliphatic rings. The zero-order valence-corrected chi connectivity index (χ0v) is 14.5. The van der Waals surface area contributed by atoms with E-state index in [1.54, 1.807) is 0 Å². The molecule has 1 N–H and O–H groups in total. The normalized spacial score (nSPS) is 25.6. The van der Waals surface area contributed by atoms with E-state index in [0.29, 0.717) is 0 Å². The third-order valence-corrected chi connectivity index (χ3v) is 6.20. The van der Waals surface area contributed by atoms with Gasteiger partial charge in [-0.05, 0) is 51.2 Å². The molecule has 2 aliphatic heterocycles. The second-order valence-corrected chi connectivity index (χ2v) is 8.57. The van der Waals surface area contributed by atoms with Crippen LogP contribution in [0.25, 0.3) is 0 Å². The summed E-state index contributed by atoms with van der Waals surface area (Å²) in [5.41, 5.74) is 1.45. The molecule has 0 amide bonds. The molecule has 2 saturated heterocycles. The smallest absolute Gasteiger partial charge is 0.0982 e. The molecule has 2 fully saturated rings. The van der Waals surface area contributed by atoms with Crippen LogP contribution in [0.2, 0.25) is 0 Å². The van der Waals surface area contributed by atoms with Crippen LogP contribution in [0.5, 0.6) is 0 Å². The molecule has 0 aromatic carbocycles. The van der Waals surface area contributed by atoms with Gasteiger partial charge in [-0.2, -0.15) is 0 Å². The lowest BCUT2D eigenvalue weighted by Crippen LogP contribution is -2.40. The largest absolute Gasteiger partial charge is 0.314 e. The van der Waals surface area contributed by atoms with E-state index < -0.39 is 0 Å². The molecule has 118 valence electrons. The van der Waals surface area contributed by atoms with Crippen LogP contribution in [-0.4, -0.2) is 35.6 Å². The molecule has 1 aromatic rings. The van der Waals surface area contributed by atoms with E-state index in [1.807, 2.05) is 11.3 Å². The molecule has 4 heteroatoms. The Balaban J connectivity index is 1.50. The summed E-state index contributed by atoms with van der Waals surface area (Å²) in [6.45, 7) is 11.5. The number of likely N-dealkylation sites (tertiary alicyclic amines) is 1. The van der Waals surface area contributed by atoms with Crippen molar-refractivity contribution in [2.45, 2.75) is 64.5 Å². The SMILES string of the molecule is CC(C)(C)c1nc(CN2CCC(C3CCCN3)CC2)cs1. The average Bonchev–Trinajstić information content (AvgIpc) is 3.09. The number of aromatic nitrogens is 1. The van der Waals surface area contributed by atoms with Gasteiger partial charge >= 0.3 is 0 Å². The number of rotatable bonds is 3. The Morgan fingerprint density at radius 1 is 1.29 bits per heavy atom. The van der Waals surface area contributed by atoms with Gasteiger partial charge in [0.25, 0.3) is 0 Å². The highest BCUT2D eigenvalue weighted by molar-refractivity contribution is 7.09. The molecule has 1 unspecified atom stereocenters. The fourth-order valence-corrected chi connectivity index (χ4v) is 4.48. The fraction of sp³-hybridized carbons (Fsp3) is 0.824. The fourth-order valence-electron chi connectivity index (χ4n) is 3.58. The van der Waals surface area contributed by atoms with Gasteiger partial charge in [-0.15, -0.1) is 11.3 Å².